The van der Waals surface area contributed by atoms with Crippen LogP contribution in [0.2, 0.25) is 0 Å². The van der Waals surface area contributed by atoms with Crippen molar-refractivity contribution in [2.24, 2.45) is 5.92 Å². The molecule has 1 amide bonds. The number of para-hydroxylation sites is 1. The molecule has 1 aromatic rings. The van der Waals surface area contributed by atoms with Crippen LogP contribution in [0.3, 0.4) is 0 Å². The summed E-state index contributed by atoms with van der Waals surface area (Å²) in [5.41, 5.74) is 0.769. The highest BCUT2D eigenvalue weighted by molar-refractivity contribution is 5.89. The molecule has 5 heteroatoms. The lowest BCUT2D eigenvalue weighted by Gasteiger charge is -2.14. The maximum atomic E-state index is 11.8. The van der Waals surface area contributed by atoms with Gasteiger partial charge in [-0.15, -0.1) is 0 Å². The molecule has 1 unspecified atom stereocenters. The monoisotopic (exact) mass is 347 g/mol. The number of carbonyl (C=O) groups excluding carboxylic acids is 2. The van der Waals surface area contributed by atoms with Crippen LogP contribution in [0.5, 0.6) is 5.75 Å². The fraction of sp³-hybridized carbons (Fsp3) is 0.500. The van der Waals surface area contributed by atoms with E-state index < -0.39 is 5.97 Å². The van der Waals surface area contributed by atoms with Gasteiger partial charge in [0.25, 0.3) is 5.91 Å². The van der Waals surface area contributed by atoms with E-state index in [0.29, 0.717) is 11.7 Å². The second kappa shape index (κ2) is 11.3. The first-order chi connectivity index (χ1) is 11.9. The van der Waals surface area contributed by atoms with Gasteiger partial charge in [0.15, 0.2) is 6.61 Å². The van der Waals surface area contributed by atoms with E-state index in [0.717, 1.165) is 24.8 Å². The number of carbonyl (C=O) groups is 2. The van der Waals surface area contributed by atoms with Crippen LogP contribution in [0.1, 0.15) is 45.6 Å². The Morgan fingerprint density at radius 2 is 1.88 bits per heavy atom. The average molecular weight is 347 g/mol. The van der Waals surface area contributed by atoms with E-state index in [1.165, 1.54) is 6.08 Å². The summed E-state index contributed by atoms with van der Waals surface area (Å²) in [5.74, 6) is 0.489. The lowest BCUT2D eigenvalue weighted by atomic mass is 10.0. The number of rotatable bonds is 10. The Hall–Kier alpha value is -2.30. The van der Waals surface area contributed by atoms with E-state index in [1.54, 1.807) is 19.3 Å². The summed E-state index contributed by atoms with van der Waals surface area (Å²) in [6.45, 7) is 6.05. The molecule has 0 heterocycles. The zero-order valence-electron chi connectivity index (χ0n) is 15.6. The van der Waals surface area contributed by atoms with Gasteiger partial charge in [-0.2, -0.15) is 0 Å². The number of hydrogen-bond acceptors (Lipinski definition) is 4. The molecule has 25 heavy (non-hydrogen) atoms. The van der Waals surface area contributed by atoms with Gasteiger partial charge < -0.3 is 14.8 Å². The van der Waals surface area contributed by atoms with Crippen LogP contribution in [0.4, 0.5) is 0 Å². The summed E-state index contributed by atoms with van der Waals surface area (Å²) in [5, 5.41) is 2.84. The minimum absolute atomic E-state index is 0.0778. The molecule has 0 aliphatic carbocycles. The fourth-order valence-corrected chi connectivity index (χ4v) is 2.37. The van der Waals surface area contributed by atoms with E-state index in [9.17, 15) is 9.59 Å². The summed E-state index contributed by atoms with van der Waals surface area (Å²) >= 11 is 0. The molecule has 0 radical (unpaired) electrons. The molecule has 1 rings (SSSR count). The summed E-state index contributed by atoms with van der Waals surface area (Å²) in [7, 11) is 1.57. The Morgan fingerprint density at radius 1 is 1.16 bits per heavy atom. The molecule has 1 atom stereocenters. The number of nitrogens with one attached hydrogen (secondary N) is 1. The lowest BCUT2D eigenvalue weighted by Crippen LogP contribution is -2.35. The Labute approximate surface area is 150 Å². The minimum atomic E-state index is -0.562. The van der Waals surface area contributed by atoms with Gasteiger partial charge in [0.2, 0.25) is 0 Å². The van der Waals surface area contributed by atoms with Crippen molar-refractivity contribution in [3.63, 3.8) is 0 Å². The first-order valence-electron chi connectivity index (χ1n) is 8.69. The zero-order chi connectivity index (χ0) is 18.7. The highest BCUT2D eigenvalue weighted by atomic mass is 16.5. The summed E-state index contributed by atoms with van der Waals surface area (Å²) in [6, 6.07) is 7.41. The standard InChI is InChI=1S/C20H29NO4/c1-15(2)8-7-9-16(3)21-19(22)14-25-20(23)13-12-17-10-5-6-11-18(17)24-4/h5-6,10-13,15-16H,7-9,14H2,1-4H3,(H,21,22)/b13-12+. The molecular weight excluding hydrogens is 318 g/mol. The molecule has 0 fully saturated rings. The fourth-order valence-electron chi connectivity index (χ4n) is 2.37. The molecule has 0 bridgehead atoms. The maximum Gasteiger partial charge on any atom is 0.331 e. The number of esters is 1. The van der Waals surface area contributed by atoms with Crippen LogP contribution in [0.15, 0.2) is 30.3 Å². The molecular formula is C20H29NO4. The van der Waals surface area contributed by atoms with E-state index in [2.05, 4.69) is 19.2 Å². The van der Waals surface area contributed by atoms with Crippen molar-refractivity contribution >= 4 is 18.0 Å². The SMILES string of the molecule is COc1ccccc1/C=C/C(=O)OCC(=O)NC(C)CCCC(C)C. The Balaban J connectivity index is 2.33. The highest BCUT2D eigenvalue weighted by Crippen LogP contribution is 2.18. The van der Waals surface area contributed by atoms with E-state index in [4.69, 9.17) is 9.47 Å². The third-order valence-electron chi connectivity index (χ3n) is 3.71. The van der Waals surface area contributed by atoms with Crippen molar-refractivity contribution in [1.82, 2.24) is 5.32 Å². The van der Waals surface area contributed by atoms with Crippen LogP contribution in [0, 0.1) is 5.92 Å². The maximum absolute atomic E-state index is 11.8. The largest absolute Gasteiger partial charge is 0.496 e. The van der Waals surface area contributed by atoms with Crippen molar-refractivity contribution in [3.05, 3.63) is 35.9 Å². The van der Waals surface area contributed by atoms with Crippen molar-refractivity contribution in [2.75, 3.05) is 13.7 Å². The van der Waals surface area contributed by atoms with Crippen LogP contribution in [-0.2, 0) is 14.3 Å². The van der Waals surface area contributed by atoms with Gasteiger partial charge >= 0.3 is 5.97 Å². The van der Waals surface area contributed by atoms with Gasteiger partial charge in [0.05, 0.1) is 7.11 Å². The third-order valence-corrected chi connectivity index (χ3v) is 3.71. The van der Waals surface area contributed by atoms with Gasteiger partial charge in [-0.05, 0) is 31.4 Å². The van der Waals surface area contributed by atoms with Gasteiger partial charge in [0, 0.05) is 17.7 Å². The lowest BCUT2D eigenvalue weighted by molar-refractivity contribution is -0.144. The van der Waals surface area contributed by atoms with E-state index in [1.807, 2.05) is 25.1 Å². The average Bonchev–Trinajstić information content (AvgIpc) is 2.58. The van der Waals surface area contributed by atoms with Crippen LogP contribution in [0.25, 0.3) is 6.08 Å². The number of ether oxygens (including phenoxy) is 2. The molecule has 0 saturated heterocycles. The number of benzene rings is 1. The third kappa shape index (κ3) is 8.94. The van der Waals surface area contributed by atoms with Gasteiger partial charge in [-0.3, -0.25) is 4.79 Å². The summed E-state index contributed by atoms with van der Waals surface area (Å²) < 4.78 is 10.2. The zero-order valence-corrected chi connectivity index (χ0v) is 15.6. The topological polar surface area (TPSA) is 64.6 Å². The first-order valence-corrected chi connectivity index (χ1v) is 8.69. The molecule has 0 spiro atoms. The summed E-state index contributed by atoms with van der Waals surface area (Å²) in [4.78, 5) is 23.5. The highest BCUT2D eigenvalue weighted by Gasteiger charge is 2.09. The second-order valence-corrected chi connectivity index (χ2v) is 6.48. The molecule has 1 aromatic carbocycles. The predicted molar refractivity (Wildman–Crippen MR) is 99.3 cm³/mol. The van der Waals surface area contributed by atoms with Gasteiger partial charge in [-0.1, -0.05) is 44.9 Å². The molecule has 5 nitrogen and oxygen atoms in total. The smallest absolute Gasteiger partial charge is 0.331 e. The Bertz CT molecular complexity index is 581. The molecule has 138 valence electrons. The van der Waals surface area contributed by atoms with Crippen LogP contribution in [-0.4, -0.2) is 31.6 Å². The quantitative estimate of drug-likeness (QED) is 0.519. The molecule has 0 aliphatic rings. The molecule has 1 N–H and O–H groups in total. The number of hydrogen-bond donors (Lipinski definition) is 1. The van der Waals surface area contributed by atoms with Crippen LogP contribution < -0.4 is 10.1 Å². The van der Waals surface area contributed by atoms with Gasteiger partial charge in [-0.25, -0.2) is 4.79 Å². The minimum Gasteiger partial charge on any atom is -0.496 e. The van der Waals surface area contributed by atoms with Crippen molar-refractivity contribution in [3.8, 4) is 5.75 Å². The van der Waals surface area contributed by atoms with Crippen molar-refractivity contribution in [1.29, 1.82) is 0 Å². The Kier molecular flexibility index (Phi) is 9.37. The van der Waals surface area contributed by atoms with E-state index in [-0.39, 0.29) is 18.6 Å². The van der Waals surface area contributed by atoms with E-state index >= 15 is 0 Å². The van der Waals surface area contributed by atoms with Crippen molar-refractivity contribution < 1.29 is 19.1 Å². The predicted octanol–water partition coefficient (Wildman–Crippen LogP) is 3.58. The second-order valence-electron chi connectivity index (χ2n) is 6.48. The van der Waals surface area contributed by atoms with Crippen molar-refractivity contribution in [2.45, 2.75) is 46.1 Å². The van der Waals surface area contributed by atoms with Crippen LogP contribution >= 0.6 is 0 Å². The Morgan fingerprint density at radius 3 is 2.56 bits per heavy atom. The normalized spacial score (nSPS) is 12.2. The molecule has 0 aliphatic heterocycles. The molecule has 0 saturated carbocycles. The number of amides is 1. The van der Waals surface area contributed by atoms with Gasteiger partial charge in [0.1, 0.15) is 5.75 Å². The summed E-state index contributed by atoms with van der Waals surface area (Å²) in [6.07, 6.45) is 6.03. The molecule has 0 aromatic heterocycles. The number of methoxy groups -OCH3 is 1. The first kappa shape index (κ1) is 20.7.